The second kappa shape index (κ2) is 7.89. The molecule has 2 amide bonds. The number of nitrogens with zero attached hydrogens (tertiary/aromatic N) is 2. The van der Waals surface area contributed by atoms with Crippen LogP contribution >= 0.6 is 22.9 Å². The molecule has 1 unspecified atom stereocenters. The lowest BCUT2D eigenvalue weighted by Crippen LogP contribution is -2.53. The van der Waals surface area contributed by atoms with E-state index in [-0.39, 0.29) is 11.8 Å². The maximum Gasteiger partial charge on any atom is 0.264 e. The first kappa shape index (κ1) is 17.8. The van der Waals surface area contributed by atoms with E-state index in [2.05, 4.69) is 0 Å². The number of rotatable bonds is 4. The minimum absolute atomic E-state index is 0.0348. The second-order valence-electron chi connectivity index (χ2n) is 5.81. The molecule has 0 saturated carbocycles. The van der Waals surface area contributed by atoms with Gasteiger partial charge in [0, 0.05) is 31.2 Å². The minimum Gasteiger partial charge on any atom is -0.481 e. The van der Waals surface area contributed by atoms with Crippen molar-refractivity contribution in [2.45, 2.75) is 13.0 Å². The molecule has 1 fully saturated rings. The molecule has 1 aromatic carbocycles. The first-order valence-corrected chi connectivity index (χ1v) is 9.34. The highest BCUT2D eigenvalue weighted by atomic mass is 35.5. The van der Waals surface area contributed by atoms with E-state index in [1.807, 2.05) is 17.5 Å². The summed E-state index contributed by atoms with van der Waals surface area (Å²) >= 11 is 7.28. The van der Waals surface area contributed by atoms with Gasteiger partial charge < -0.3 is 14.5 Å². The molecule has 0 aliphatic carbocycles. The standard InChI is InChI=1S/C18H19ClN2O3S/c1-13(24-15-6-4-14(19)5-7-15)17(22)20-8-10-21(11-9-20)18(23)16-3-2-12-25-16/h2-7,12-13H,8-11H2,1H3. The molecule has 1 aliphatic rings. The van der Waals surface area contributed by atoms with E-state index in [1.165, 1.54) is 11.3 Å². The molecule has 2 aromatic rings. The Hall–Kier alpha value is -2.05. The maximum absolute atomic E-state index is 12.5. The van der Waals surface area contributed by atoms with Gasteiger partial charge in [-0.05, 0) is 42.6 Å². The number of piperazine rings is 1. The highest BCUT2D eigenvalue weighted by Gasteiger charge is 2.28. The SMILES string of the molecule is CC(Oc1ccc(Cl)cc1)C(=O)N1CCN(C(=O)c2cccs2)CC1. The van der Waals surface area contributed by atoms with Crippen LogP contribution in [0.1, 0.15) is 16.6 Å². The fourth-order valence-corrected chi connectivity index (χ4v) is 3.53. The summed E-state index contributed by atoms with van der Waals surface area (Å²) in [6.07, 6.45) is -0.583. The van der Waals surface area contributed by atoms with Gasteiger partial charge >= 0.3 is 0 Å². The molecule has 3 rings (SSSR count). The van der Waals surface area contributed by atoms with E-state index >= 15 is 0 Å². The van der Waals surface area contributed by atoms with Gasteiger partial charge in [-0.1, -0.05) is 17.7 Å². The van der Waals surface area contributed by atoms with Crippen molar-refractivity contribution in [2.75, 3.05) is 26.2 Å². The molecule has 25 heavy (non-hydrogen) atoms. The first-order valence-electron chi connectivity index (χ1n) is 8.08. The monoisotopic (exact) mass is 378 g/mol. The highest BCUT2D eigenvalue weighted by molar-refractivity contribution is 7.12. The summed E-state index contributed by atoms with van der Waals surface area (Å²) < 4.78 is 5.69. The van der Waals surface area contributed by atoms with Gasteiger partial charge in [-0.3, -0.25) is 9.59 Å². The lowest BCUT2D eigenvalue weighted by Gasteiger charge is -2.35. The van der Waals surface area contributed by atoms with E-state index in [9.17, 15) is 9.59 Å². The Labute approximate surface area is 155 Å². The molecule has 1 aliphatic heterocycles. The van der Waals surface area contributed by atoms with E-state index in [0.717, 1.165) is 4.88 Å². The summed E-state index contributed by atoms with van der Waals surface area (Å²) in [7, 11) is 0. The number of ether oxygens (including phenoxy) is 1. The van der Waals surface area contributed by atoms with Gasteiger partial charge in [-0.25, -0.2) is 0 Å². The van der Waals surface area contributed by atoms with E-state index in [1.54, 1.807) is 41.0 Å². The predicted octanol–water partition coefficient (Wildman–Crippen LogP) is 3.15. The molecular weight excluding hydrogens is 360 g/mol. The van der Waals surface area contributed by atoms with Gasteiger partial charge in [0.05, 0.1) is 4.88 Å². The van der Waals surface area contributed by atoms with Crippen LogP contribution in [0.4, 0.5) is 0 Å². The van der Waals surface area contributed by atoms with Crippen LogP contribution in [0.5, 0.6) is 5.75 Å². The zero-order chi connectivity index (χ0) is 17.8. The third-order valence-corrected chi connectivity index (χ3v) is 5.19. The minimum atomic E-state index is -0.583. The zero-order valence-electron chi connectivity index (χ0n) is 13.9. The number of amides is 2. The summed E-state index contributed by atoms with van der Waals surface area (Å²) in [6, 6.07) is 10.6. The van der Waals surface area contributed by atoms with Crippen LogP contribution < -0.4 is 4.74 Å². The van der Waals surface area contributed by atoms with Gasteiger partial charge in [0.1, 0.15) is 5.75 Å². The summed E-state index contributed by atoms with van der Waals surface area (Å²) in [5.74, 6) is 0.572. The van der Waals surface area contributed by atoms with Gasteiger partial charge in [-0.15, -0.1) is 11.3 Å². The van der Waals surface area contributed by atoms with Crippen molar-refractivity contribution < 1.29 is 14.3 Å². The lowest BCUT2D eigenvalue weighted by molar-refractivity contribution is -0.139. The molecule has 1 atom stereocenters. The van der Waals surface area contributed by atoms with Crippen molar-refractivity contribution in [2.24, 2.45) is 0 Å². The fraction of sp³-hybridized carbons (Fsp3) is 0.333. The number of thiophene rings is 1. The van der Waals surface area contributed by atoms with Gasteiger partial charge in [0.25, 0.3) is 11.8 Å². The molecule has 1 saturated heterocycles. The topological polar surface area (TPSA) is 49.9 Å². The zero-order valence-corrected chi connectivity index (χ0v) is 15.4. The van der Waals surface area contributed by atoms with Crippen molar-refractivity contribution in [1.82, 2.24) is 9.80 Å². The largest absolute Gasteiger partial charge is 0.481 e. The predicted molar refractivity (Wildman–Crippen MR) is 98.3 cm³/mol. The normalized spacial score (nSPS) is 15.8. The Bertz CT molecular complexity index is 725. The van der Waals surface area contributed by atoms with Crippen LogP contribution in [0.3, 0.4) is 0 Å². The van der Waals surface area contributed by atoms with Crippen molar-refractivity contribution in [3.8, 4) is 5.75 Å². The van der Waals surface area contributed by atoms with E-state index < -0.39 is 6.10 Å². The summed E-state index contributed by atoms with van der Waals surface area (Å²) in [5.41, 5.74) is 0. The lowest BCUT2D eigenvalue weighted by atomic mass is 10.2. The molecule has 0 radical (unpaired) electrons. The number of carbonyl (C=O) groups excluding carboxylic acids is 2. The number of hydrogen-bond acceptors (Lipinski definition) is 4. The number of hydrogen-bond donors (Lipinski definition) is 0. The van der Waals surface area contributed by atoms with Crippen molar-refractivity contribution in [1.29, 1.82) is 0 Å². The Kier molecular flexibility index (Phi) is 5.60. The maximum atomic E-state index is 12.5. The third kappa shape index (κ3) is 4.32. The average Bonchev–Trinajstić information content (AvgIpc) is 3.17. The Balaban J connectivity index is 1.52. The number of benzene rings is 1. The van der Waals surface area contributed by atoms with Crippen LogP contribution in [-0.2, 0) is 4.79 Å². The van der Waals surface area contributed by atoms with Crippen LogP contribution in [0.25, 0.3) is 0 Å². The summed E-state index contributed by atoms with van der Waals surface area (Å²) in [5, 5.41) is 2.51. The van der Waals surface area contributed by atoms with E-state index in [4.69, 9.17) is 16.3 Å². The van der Waals surface area contributed by atoms with Crippen molar-refractivity contribution in [3.63, 3.8) is 0 Å². The first-order chi connectivity index (χ1) is 12.0. The van der Waals surface area contributed by atoms with Crippen LogP contribution in [0.2, 0.25) is 5.02 Å². The van der Waals surface area contributed by atoms with Crippen LogP contribution in [0, 0.1) is 0 Å². The van der Waals surface area contributed by atoms with Crippen LogP contribution in [0.15, 0.2) is 41.8 Å². The molecular formula is C18H19ClN2O3S. The summed E-state index contributed by atoms with van der Waals surface area (Å²) in [6.45, 7) is 3.85. The molecule has 1 aromatic heterocycles. The highest BCUT2D eigenvalue weighted by Crippen LogP contribution is 2.18. The number of carbonyl (C=O) groups is 2. The Morgan fingerprint density at radius 3 is 2.32 bits per heavy atom. The molecule has 132 valence electrons. The van der Waals surface area contributed by atoms with Crippen molar-refractivity contribution >= 4 is 34.8 Å². The van der Waals surface area contributed by atoms with Crippen LogP contribution in [-0.4, -0.2) is 53.9 Å². The molecule has 2 heterocycles. The molecule has 5 nitrogen and oxygen atoms in total. The van der Waals surface area contributed by atoms with Gasteiger partial charge in [-0.2, -0.15) is 0 Å². The third-order valence-electron chi connectivity index (χ3n) is 4.08. The molecule has 0 spiro atoms. The van der Waals surface area contributed by atoms with E-state index in [0.29, 0.717) is 37.0 Å². The van der Waals surface area contributed by atoms with Gasteiger partial charge in [0.15, 0.2) is 6.10 Å². The molecule has 0 N–H and O–H groups in total. The fourth-order valence-electron chi connectivity index (χ4n) is 2.71. The Morgan fingerprint density at radius 2 is 1.72 bits per heavy atom. The Morgan fingerprint density at radius 1 is 1.08 bits per heavy atom. The smallest absolute Gasteiger partial charge is 0.264 e. The van der Waals surface area contributed by atoms with Crippen molar-refractivity contribution in [3.05, 3.63) is 51.7 Å². The van der Waals surface area contributed by atoms with Gasteiger partial charge in [0.2, 0.25) is 0 Å². The summed E-state index contributed by atoms with van der Waals surface area (Å²) in [4.78, 5) is 29.2. The average molecular weight is 379 g/mol. The molecule has 7 heteroatoms. The molecule has 0 bridgehead atoms. The number of halogens is 1. The second-order valence-corrected chi connectivity index (χ2v) is 7.19. The quantitative estimate of drug-likeness (QED) is 0.821.